The number of aromatic nitrogens is 1. The quantitative estimate of drug-likeness (QED) is 0.917. The van der Waals surface area contributed by atoms with E-state index in [9.17, 15) is 0 Å². The molecule has 1 aromatic carbocycles. The molecule has 0 spiro atoms. The lowest BCUT2D eigenvalue weighted by Gasteiger charge is -2.26. The van der Waals surface area contributed by atoms with Crippen LogP contribution >= 0.6 is 0 Å². The molecule has 0 unspecified atom stereocenters. The smallest absolute Gasteiger partial charge is 0.0726 e. The molecule has 1 aromatic heterocycles. The number of rotatable bonds is 3. The molecule has 1 heterocycles. The summed E-state index contributed by atoms with van der Waals surface area (Å²) in [7, 11) is 2.12. The first-order valence-electron chi connectivity index (χ1n) is 6.68. The Morgan fingerprint density at radius 2 is 1.89 bits per heavy atom. The van der Waals surface area contributed by atoms with E-state index in [0.717, 1.165) is 35.4 Å². The lowest BCUT2D eigenvalue weighted by molar-refractivity contribution is 0.219. The standard InChI is InChI=1S/C16H23N3/c1-16(2,3)11-19(4)10-12-9-14(17)13-7-5-6-8-15(13)18-12/h5-9H,10-11H2,1-4H3,(H2,17,18). The van der Waals surface area contributed by atoms with Crippen molar-refractivity contribution in [2.24, 2.45) is 5.41 Å². The van der Waals surface area contributed by atoms with E-state index >= 15 is 0 Å². The first-order valence-corrected chi connectivity index (χ1v) is 6.68. The molecule has 0 saturated carbocycles. The van der Waals surface area contributed by atoms with Gasteiger partial charge in [-0.15, -0.1) is 0 Å². The number of hydrogen-bond acceptors (Lipinski definition) is 3. The molecular formula is C16H23N3. The molecule has 0 aliphatic rings. The predicted molar refractivity (Wildman–Crippen MR) is 81.9 cm³/mol. The van der Waals surface area contributed by atoms with Crippen molar-refractivity contribution >= 4 is 16.6 Å². The number of pyridine rings is 1. The van der Waals surface area contributed by atoms with Crippen LogP contribution in [-0.4, -0.2) is 23.5 Å². The van der Waals surface area contributed by atoms with Crippen LogP contribution in [0.5, 0.6) is 0 Å². The summed E-state index contributed by atoms with van der Waals surface area (Å²) >= 11 is 0. The first-order chi connectivity index (χ1) is 8.85. The highest BCUT2D eigenvalue weighted by Crippen LogP contribution is 2.21. The van der Waals surface area contributed by atoms with Crippen molar-refractivity contribution in [3.8, 4) is 0 Å². The topological polar surface area (TPSA) is 42.1 Å². The van der Waals surface area contributed by atoms with Gasteiger partial charge in [-0.3, -0.25) is 4.98 Å². The lowest BCUT2D eigenvalue weighted by Crippen LogP contribution is -2.29. The van der Waals surface area contributed by atoms with Gasteiger partial charge in [-0.05, 0) is 24.6 Å². The maximum Gasteiger partial charge on any atom is 0.0726 e. The van der Waals surface area contributed by atoms with Crippen LogP contribution in [0.25, 0.3) is 10.9 Å². The van der Waals surface area contributed by atoms with Crippen molar-refractivity contribution in [3.05, 3.63) is 36.0 Å². The summed E-state index contributed by atoms with van der Waals surface area (Å²) in [5, 5.41) is 1.03. The fraction of sp³-hybridized carbons (Fsp3) is 0.438. The third kappa shape index (κ3) is 3.67. The minimum atomic E-state index is 0.289. The van der Waals surface area contributed by atoms with Crippen LogP contribution < -0.4 is 5.73 Å². The Bertz CT molecular complexity index is 570. The monoisotopic (exact) mass is 257 g/mol. The van der Waals surface area contributed by atoms with Gasteiger partial charge in [0, 0.05) is 24.2 Å². The number of anilines is 1. The number of nitrogens with two attached hydrogens (primary N) is 1. The zero-order chi connectivity index (χ0) is 14.0. The molecule has 2 aromatic rings. The Hall–Kier alpha value is -1.61. The highest BCUT2D eigenvalue weighted by molar-refractivity contribution is 5.90. The van der Waals surface area contributed by atoms with E-state index < -0.39 is 0 Å². The van der Waals surface area contributed by atoms with Gasteiger partial charge in [0.15, 0.2) is 0 Å². The highest BCUT2D eigenvalue weighted by Gasteiger charge is 2.14. The Morgan fingerprint density at radius 3 is 2.58 bits per heavy atom. The molecule has 0 bridgehead atoms. The van der Waals surface area contributed by atoms with Gasteiger partial charge in [0.2, 0.25) is 0 Å². The fourth-order valence-electron chi connectivity index (χ4n) is 2.48. The van der Waals surface area contributed by atoms with Crippen molar-refractivity contribution in [1.82, 2.24) is 9.88 Å². The summed E-state index contributed by atoms with van der Waals surface area (Å²) in [4.78, 5) is 6.97. The second-order valence-corrected chi connectivity index (χ2v) is 6.45. The van der Waals surface area contributed by atoms with Gasteiger partial charge in [0.05, 0.1) is 11.2 Å². The molecule has 0 saturated heterocycles. The van der Waals surface area contributed by atoms with Gasteiger partial charge in [-0.1, -0.05) is 39.0 Å². The zero-order valence-corrected chi connectivity index (χ0v) is 12.3. The highest BCUT2D eigenvalue weighted by atomic mass is 15.1. The molecule has 0 aliphatic heterocycles. The van der Waals surface area contributed by atoms with Gasteiger partial charge < -0.3 is 10.6 Å². The van der Waals surface area contributed by atoms with E-state index in [-0.39, 0.29) is 5.41 Å². The molecule has 0 atom stereocenters. The molecule has 2 rings (SSSR count). The van der Waals surface area contributed by atoms with E-state index in [1.807, 2.05) is 30.3 Å². The largest absolute Gasteiger partial charge is 0.398 e. The number of hydrogen-bond donors (Lipinski definition) is 1. The van der Waals surface area contributed by atoms with Crippen molar-refractivity contribution in [1.29, 1.82) is 0 Å². The number of fused-ring (bicyclic) bond motifs is 1. The van der Waals surface area contributed by atoms with Crippen molar-refractivity contribution < 1.29 is 0 Å². The predicted octanol–water partition coefficient (Wildman–Crippen LogP) is 3.29. The van der Waals surface area contributed by atoms with Crippen LogP contribution in [0.1, 0.15) is 26.5 Å². The molecule has 0 amide bonds. The number of nitrogens with zero attached hydrogens (tertiary/aromatic N) is 2. The van der Waals surface area contributed by atoms with Crippen molar-refractivity contribution in [2.75, 3.05) is 19.3 Å². The minimum Gasteiger partial charge on any atom is -0.398 e. The Morgan fingerprint density at radius 1 is 1.21 bits per heavy atom. The summed E-state index contributed by atoms with van der Waals surface area (Å²) < 4.78 is 0. The van der Waals surface area contributed by atoms with E-state index in [4.69, 9.17) is 5.73 Å². The summed E-state index contributed by atoms with van der Waals surface area (Å²) in [5.41, 5.74) is 9.20. The number of benzene rings is 1. The second kappa shape index (κ2) is 5.17. The molecule has 0 aliphatic carbocycles. The van der Waals surface area contributed by atoms with Gasteiger partial charge in [-0.2, -0.15) is 0 Å². The van der Waals surface area contributed by atoms with E-state index in [0.29, 0.717) is 0 Å². The summed E-state index contributed by atoms with van der Waals surface area (Å²) in [6, 6.07) is 10.0. The normalized spacial score (nSPS) is 12.3. The Labute approximate surface area is 115 Å². The summed E-state index contributed by atoms with van der Waals surface area (Å²) in [6.45, 7) is 8.58. The van der Waals surface area contributed by atoms with E-state index in [1.54, 1.807) is 0 Å². The van der Waals surface area contributed by atoms with Crippen LogP contribution in [0.3, 0.4) is 0 Å². The number of nitrogen functional groups attached to an aromatic ring is 1. The third-order valence-corrected chi connectivity index (χ3v) is 2.98. The van der Waals surface area contributed by atoms with Crippen molar-refractivity contribution in [3.63, 3.8) is 0 Å². The molecule has 102 valence electrons. The van der Waals surface area contributed by atoms with Gasteiger partial charge in [0.25, 0.3) is 0 Å². The van der Waals surface area contributed by atoms with Gasteiger partial charge in [-0.25, -0.2) is 0 Å². The minimum absolute atomic E-state index is 0.289. The summed E-state index contributed by atoms with van der Waals surface area (Å²) in [5.74, 6) is 0. The van der Waals surface area contributed by atoms with E-state index in [2.05, 4.69) is 37.7 Å². The Kier molecular flexibility index (Phi) is 3.76. The van der Waals surface area contributed by atoms with Crippen LogP contribution in [-0.2, 0) is 6.54 Å². The first kappa shape index (κ1) is 13.8. The second-order valence-electron chi connectivity index (χ2n) is 6.45. The molecule has 0 radical (unpaired) electrons. The molecule has 19 heavy (non-hydrogen) atoms. The van der Waals surface area contributed by atoms with Crippen molar-refractivity contribution in [2.45, 2.75) is 27.3 Å². The molecular weight excluding hydrogens is 234 g/mol. The maximum atomic E-state index is 6.10. The maximum absolute atomic E-state index is 6.10. The summed E-state index contributed by atoms with van der Waals surface area (Å²) in [6.07, 6.45) is 0. The average molecular weight is 257 g/mol. The Balaban J connectivity index is 2.22. The van der Waals surface area contributed by atoms with E-state index in [1.165, 1.54) is 0 Å². The van der Waals surface area contributed by atoms with Crippen LogP contribution in [0.4, 0.5) is 5.69 Å². The van der Waals surface area contributed by atoms with Crippen LogP contribution in [0, 0.1) is 5.41 Å². The lowest BCUT2D eigenvalue weighted by atomic mass is 9.96. The average Bonchev–Trinajstić information content (AvgIpc) is 2.26. The van der Waals surface area contributed by atoms with Gasteiger partial charge in [0.1, 0.15) is 0 Å². The molecule has 0 fully saturated rings. The zero-order valence-electron chi connectivity index (χ0n) is 12.3. The van der Waals surface area contributed by atoms with Crippen LogP contribution in [0.2, 0.25) is 0 Å². The number of para-hydroxylation sites is 1. The van der Waals surface area contributed by atoms with Gasteiger partial charge >= 0.3 is 0 Å². The molecule has 3 nitrogen and oxygen atoms in total. The SMILES string of the molecule is CN(Cc1cc(N)c2ccccc2n1)CC(C)(C)C. The third-order valence-electron chi connectivity index (χ3n) is 2.98. The van der Waals surface area contributed by atoms with Crippen LogP contribution in [0.15, 0.2) is 30.3 Å². The fourth-order valence-corrected chi connectivity index (χ4v) is 2.48. The molecule has 3 heteroatoms. The molecule has 2 N–H and O–H groups in total.